The van der Waals surface area contributed by atoms with Gasteiger partial charge in [-0.25, -0.2) is 0 Å². The van der Waals surface area contributed by atoms with Gasteiger partial charge in [-0.3, -0.25) is 4.79 Å². The quantitative estimate of drug-likeness (QED) is 0.641. The zero-order valence-electron chi connectivity index (χ0n) is 8.36. The van der Waals surface area contributed by atoms with Gasteiger partial charge in [0.25, 0.3) is 0 Å². The van der Waals surface area contributed by atoms with E-state index in [0.29, 0.717) is 0 Å². The first-order valence-electron chi connectivity index (χ1n) is 4.73. The lowest BCUT2D eigenvalue weighted by Crippen LogP contribution is -2.05. The first-order valence-corrected chi connectivity index (χ1v) is 4.73. The van der Waals surface area contributed by atoms with E-state index in [4.69, 9.17) is 5.11 Å². The molecule has 2 heteroatoms. The van der Waals surface area contributed by atoms with Gasteiger partial charge in [-0.15, -0.1) is 0 Å². The van der Waals surface area contributed by atoms with E-state index in [2.05, 4.69) is 19.1 Å². The molecule has 0 amide bonds. The van der Waals surface area contributed by atoms with Gasteiger partial charge >= 0.3 is 5.97 Å². The molecule has 0 aliphatic heterocycles. The fourth-order valence-electron chi connectivity index (χ4n) is 0.824. The second kappa shape index (κ2) is 7.59. The van der Waals surface area contributed by atoms with Gasteiger partial charge in [0.1, 0.15) is 0 Å². The summed E-state index contributed by atoms with van der Waals surface area (Å²) in [7, 11) is 0. The van der Waals surface area contributed by atoms with Crippen LogP contribution < -0.4 is 0 Å². The number of aliphatic carboxylic acids is 1. The van der Waals surface area contributed by atoms with E-state index in [0.717, 1.165) is 19.3 Å². The van der Waals surface area contributed by atoms with E-state index < -0.39 is 5.97 Å². The molecule has 0 heterocycles. The Hall–Kier alpha value is -1.05. The Morgan fingerprint density at radius 1 is 1.38 bits per heavy atom. The monoisotopic (exact) mass is 182 g/mol. The van der Waals surface area contributed by atoms with Crippen molar-refractivity contribution < 1.29 is 9.90 Å². The Balaban J connectivity index is 3.57. The van der Waals surface area contributed by atoms with Crippen molar-refractivity contribution >= 4 is 5.97 Å². The molecule has 0 fully saturated rings. The summed E-state index contributed by atoms with van der Waals surface area (Å²) in [5.41, 5.74) is 0. The van der Waals surface area contributed by atoms with E-state index in [1.54, 1.807) is 13.0 Å². The van der Waals surface area contributed by atoms with E-state index in [-0.39, 0.29) is 5.92 Å². The predicted molar refractivity (Wildman–Crippen MR) is 54.6 cm³/mol. The van der Waals surface area contributed by atoms with Crippen LogP contribution in [0.15, 0.2) is 24.3 Å². The van der Waals surface area contributed by atoms with Gasteiger partial charge < -0.3 is 5.11 Å². The van der Waals surface area contributed by atoms with Crippen molar-refractivity contribution in [3.05, 3.63) is 24.3 Å². The van der Waals surface area contributed by atoms with Gasteiger partial charge in [0.05, 0.1) is 5.92 Å². The standard InChI is InChI=1S/C11H18O2/c1-3-4-5-6-7-8-9-10(2)11(12)13/h5-6,8-10H,3-4,7H2,1-2H3,(H,12,13)/b6-5+,9-8+. The predicted octanol–water partition coefficient (Wildman–Crippen LogP) is 3.01. The highest BCUT2D eigenvalue weighted by molar-refractivity contribution is 5.71. The maximum atomic E-state index is 10.4. The third-order valence-electron chi connectivity index (χ3n) is 1.71. The van der Waals surface area contributed by atoms with Crippen molar-refractivity contribution in [2.24, 2.45) is 5.92 Å². The molecule has 2 nitrogen and oxygen atoms in total. The molecule has 1 atom stereocenters. The Morgan fingerprint density at radius 2 is 2.08 bits per heavy atom. The summed E-state index contributed by atoms with van der Waals surface area (Å²) in [6.07, 6.45) is 10.9. The molecule has 74 valence electrons. The highest BCUT2D eigenvalue weighted by atomic mass is 16.4. The number of allylic oxidation sites excluding steroid dienone is 3. The highest BCUT2D eigenvalue weighted by Gasteiger charge is 2.03. The second-order valence-corrected chi connectivity index (χ2v) is 3.05. The highest BCUT2D eigenvalue weighted by Crippen LogP contribution is 1.99. The van der Waals surface area contributed by atoms with Crippen LogP contribution in [0.25, 0.3) is 0 Å². The van der Waals surface area contributed by atoms with Crippen molar-refractivity contribution in [2.45, 2.75) is 33.1 Å². The second-order valence-electron chi connectivity index (χ2n) is 3.05. The number of rotatable bonds is 6. The minimum absolute atomic E-state index is 0.375. The van der Waals surface area contributed by atoms with Crippen molar-refractivity contribution in [1.82, 2.24) is 0 Å². The van der Waals surface area contributed by atoms with Crippen LogP contribution >= 0.6 is 0 Å². The first-order chi connectivity index (χ1) is 6.18. The number of hydrogen-bond donors (Lipinski definition) is 1. The van der Waals surface area contributed by atoms with Crippen molar-refractivity contribution in [3.8, 4) is 0 Å². The van der Waals surface area contributed by atoms with Gasteiger partial charge in [-0.2, -0.15) is 0 Å². The van der Waals surface area contributed by atoms with Gasteiger partial charge in [0, 0.05) is 0 Å². The van der Waals surface area contributed by atoms with Crippen LogP contribution in [0.4, 0.5) is 0 Å². The third kappa shape index (κ3) is 7.32. The molecule has 0 radical (unpaired) electrons. The zero-order chi connectivity index (χ0) is 10.1. The molecule has 0 saturated heterocycles. The first kappa shape index (κ1) is 11.9. The molecule has 0 saturated carbocycles. The number of unbranched alkanes of at least 4 members (excludes halogenated alkanes) is 1. The molecule has 0 aliphatic rings. The van der Waals surface area contributed by atoms with E-state index >= 15 is 0 Å². The Bertz CT molecular complexity index is 192. The maximum Gasteiger partial charge on any atom is 0.310 e. The normalized spacial score (nSPS) is 14.0. The van der Waals surface area contributed by atoms with Crippen molar-refractivity contribution in [3.63, 3.8) is 0 Å². The summed E-state index contributed by atoms with van der Waals surface area (Å²) in [5, 5.41) is 8.55. The van der Waals surface area contributed by atoms with Gasteiger partial charge in [-0.1, -0.05) is 37.6 Å². The zero-order valence-corrected chi connectivity index (χ0v) is 8.36. The number of carboxylic acid groups (broad SMARTS) is 1. The van der Waals surface area contributed by atoms with E-state index in [1.165, 1.54) is 0 Å². The van der Waals surface area contributed by atoms with Gasteiger partial charge in [0.2, 0.25) is 0 Å². The van der Waals surface area contributed by atoms with Crippen molar-refractivity contribution in [2.75, 3.05) is 0 Å². The summed E-state index contributed by atoms with van der Waals surface area (Å²) in [5.74, 6) is -1.15. The topological polar surface area (TPSA) is 37.3 Å². The van der Waals surface area contributed by atoms with E-state index in [9.17, 15) is 4.79 Å². The lowest BCUT2D eigenvalue weighted by molar-refractivity contribution is -0.139. The van der Waals surface area contributed by atoms with Gasteiger partial charge in [-0.05, 0) is 19.8 Å². The lowest BCUT2D eigenvalue weighted by Gasteiger charge is -1.95. The Kier molecular flexibility index (Phi) is 6.98. The molecule has 0 spiro atoms. The van der Waals surface area contributed by atoms with Crippen LogP contribution in [0.5, 0.6) is 0 Å². The average molecular weight is 182 g/mol. The SMILES string of the molecule is CCC/C=C/C/C=C/C(C)C(=O)O. The largest absolute Gasteiger partial charge is 0.481 e. The molecule has 0 aliphatic carbocycles. The maximum absolute atomic E-state index is 10.4. The van der Waals surface area contributed by atoms with Crippen LogP contribution in [0.2, 0.25) is 0 Å². The lowest BCUT2D eigenvalue weighted by atomic mass is 10.1. The summed E-state index contributed by atoms with van der Waals surface area (Å²) in [6.45, 7) is 3.81. The summed E-state index contributed by atoms with van der Waals surface area (Å²) in [4.78, 5) is 10.4. The minimum atomic E-state index is -0.770. The van der Waals surface area contributed by atoms with E-state index in [1.807, 2.05) is 6.08 Å². The smallest absolute Gasteiger partial charge is 0.310 e. The van der Waals surface area contributed by atoms with Gasteiger partial charge in [0.15, 0.2) is 0 Å². The van der Waals surface area contributed by atoms with Crippen LogP contribution in [0, 0.1) is 5.92 Å². The molecular weight excluding hydrogens is 164 g/mol. The Labute approximate surface area is 80.0 Å². The van der Waals surface area contributed by atoms with Crippen LogP contribution in [0.1, 0.15) is 33.1 Å². The number of carboxylic acids is 1. The molecule has 0 bridgehead atoms. The molecule has 0 aromatic heterocycles. The van der Waals surface area contributed by atoms with Crippen LogP contribution in [-0.2, 0) is 4.79 Å². The third-order valence-corrected chi connectivity index (χ3v) is 1.71. The fourth-order valence-corrected chi connectivity index (χ4v) is 0.824. The molecule has 0 rings (SSSR count). The summed E-state index contributed by atoms with van der Waals surface area (Å²) in [6, 6.07) is 0. The molecular formula is C11H18O2. The number of carbonyl (C=O) groups is 1. The molecule has 0 aromatic rings. The molecule has 0 aromatic carbocycles. The molecule has 1 N–H and O–H groups in total. The molecule has 1 unspecified atom stereocenters. The van der Waals surface area contributed by atoms with Crippen molar-refractivity contribution in [1.29, 1.82) is 0 Å². The van der Waals surface area contributed by atoms with Crippen LogP contribution in [-0.4, -0.2) is 11.1 Å². The summed E-state index contributed by atoms with van der Waals surface area (Å²) < 4.78 is 0. The summed E-state index contributed by atoms with van der Waals surface area (Å²) >= 11 is 0. The molecule has 13 heavy (non-hydrogen) atoms. The number of hydrogen-bond acceptors (Lipinski definition) is 1. The Morgan fingerprint density at radius 3 is 2.62 bits per heavy atom. The minimum Gasteiger partial charge on any atom is -0.481 e. The average Bonchev–Trinajstić information content (AvgIpc) is 2.10. The fraction of sp³-hybridized carbons (Fsp3) is 0.545. The van der Waals surface area contributed by atoms with Crippen LogP contribution in [0.3, 0.4) is 0 Å².